The Kier molecular flexibility index (Phi) is 6.98. The van der Waals surface area contributed by atoms with Crippen LogP contribution in [-0.4, -0.2) is 6.61 Å². The first-order valence-corrected chi connectivity index (χ1v) is 6.54. The molecule has 0 fully saturated rings. The van der Waals surface area contributed by atoms with E-state index < -0.39 is 0 Å². The summed E-state index contributed by atoms with van der Waals surface area (Å²) >= 11 is 0. The molecule has 0 N–H and O–H groups in total. The third-order valence-electron chi connectivity index (χ3n) is 2.90. The summed E-state index contributed by atoms with van der Waals surface area (Å²) in [4.78, 5) is 0. The number of hydrogen-bond donors (Lipinski definition) is 0. The fourth-order valence-corrected chi connectivity index (χ4v) is 1.67. The molecule has 1 heteroatoms. The summed E-state index contributed by atoms with van der Waals surface area (Å²) in [6.45, 7) is 5.20. The molecule has 0 aliphatic rings. The molecule has 0 saturated carbocycles. The summed E-state index contributed by atoms with van der Waals surface area (Å²) in [5.74, 6) is 3.66. The predicted molar refractivity (Wildman–Crippen MR) is 72.6 cm³/mol. The van der Waals surface area contributed by atoms with Crippen LogP contribution in [0, 0.1) is 17.9 Å². The molecule has 0 aliphatic carbocycles. The lowest BCUT2D eigenvalue weighted by molar-refractivity contribution is 0.203. The topological polar surface area (TPSA) is 9.23 Å². The van der Waals surface area contributed by atoms with Crippen LogP contribution < -0.4 is 0 Å². The minimum absolute atomic E-state index is 0.653. The Morgan fingerprint density at radius 2 is 1.94 bits per heavy atom. The SMILES string of the molecule is CCCCC(CC)COC#Cc1ccccc1. The molecule has 1 nitrogen and oxygen atoms in total. The van der Waals surface area contributed by atoms with Gasteiger partial charge in [-0.15, -0.1) is 0 Å². The molecule has 0 spiro atoms. The zero-order valence-corrected chi connectivity index (χ0v) is 10.9. The number of hydrogen-bond acceptors (Lipinski definition) is 1. The number of benzene rings is 1. The highest BCUT2D eigenvalue weighted by molar-refractivity contribution is 5.32. The van der Waals surface area contributed by atoms with E-state index in [2.05, 4.69) is 25.9 Å². The van der Waals surface area contributed by atoms with Gasteiger partial charge in [0.2, 0.25) is 0 Å². The van der Waals surface area contributed by atoms with Crippen molar-refractivity contribution in [2.24, 2.45) is 5.92 Å². The van der Waals surface area contributed by atoms with Gasteiger partial charge in [-0.1, -0.05) is 51.3 Å². The number of unbranched alkanes of at least 4 members (excludes halogenated alkanes) is 1. The summed E-state index contributed by atoms with van der Waals surface area (Å²) in [7, 11) is 0. The van der Waals surface area contributed by atoms with Crippen LogP contribution >= 0.6 is 0 Å². The van der Waals surface area contributed by atoms with Crippen LogP contribution in [0.4, 0.5) is 0 Å². The van der Waals surface area contributed by atoms with Crippen LogP contribution in [0.5, 0.6) is 0 Å². The van der Waals surface area contributed by atoms with Crippen molar-refractivity contribution in [2.45, 2.75) is 39.5 Å². The molecule has 1 atom stereocenters. The van der Waals surface area contributed by atoms with Gasteiger partial charge in [0.05, 0.1) is 0 Å². The molecule has 1 aromatic rings. The van der Waals surface area contributed by atoms with Crippen molar-refractivity contribution in [3.8, 4) is 12.0 Å². The van der Waals surface area contributed by atoms with E-state index >= 15 is 0 Å². The van der Waals surface area contributed by atoms with Gasteiger partial charge < -0.3 is 4.74 Å². The maximum atomic E-state index is 5.43. The Hall–Kier alpha value is -1.42. The summed E-state index contributed by atoms with van der Waals surface area (Å²) in [6.07, 6.45) is 7.76. The van der Waals surface area contributed by atoms with Crippen LogP contribution in [-0.2, 0) is 4.74 Å². The van der Waals surface area contributed by atoms with Gasteiger partial charge in [-0.25, -0.2) is 0 Å². The molecule has 1 aromatic carbocycles. The molecule has 1 unspecified atom stereocenters. The zero-order valence-electron chi connectivity index (χ0n) is 10.9. The summed E-state index contributed by atoms with van der Waals surface area (Å²) in [5.41, 5.74) is 1.01. The van der Waals surface area contributed by atoms with E-state index in [1.165, 1.54) is 25.7 Å². The molecule has 92 valence electrons. The first-order valence-electron chi connectivity index (χ1n) is 6.54. The monoisotopic (exact) mass is 230 g/mol. The largest absolute Gasteiger partial charge is 0.446 e. The first-order chi connectivity index (χ1) is 8.36. The molecule has 0 saturated heterocycles. The highest BCUT2D eigenvalue weighted by Gasteiger charge is 2.04. The van der Waals surface area contributed by atoms with E-state index in [4.69, 9.17) is 4.74 Å². The lowest BCUT2D eigenvalue weighted by Gasteiger charge is -2.11. The minimum Gasteiger partial charge on any atom is -0.446 e. The van der Waals surface area contributed by atoms with Crippen LogP contribution in [0.15, 0.2) is 30.3 Å². The maximum absolute atomic E-state index is 5.43. The number of rotatable bonds is 6. The molecule has 17 heavy (non-hydrogen) atoms. The second-order valence-corrected chi connectivity index (χ2v) is 4.32. The van der Waals surface area contributed by atoms with Gasteiger partial charge >= 0.3 is 0 Å². The molecule has 1 rings (SSSR count). The Labute approximate surface area is 105 Å². The van der Waals surface area contributed by atoms with Gasteiger partial charge in [-0.05, 0) is 30.4 Å². The second kappa shape index (κ2) is 8.70. The van der Waals surface area contributed by atoms with Gasteiger partial charge in [0.1, 0.15) is 12.7 Å². The Morgan fingerprint density at radius 1 is 1.18 bits per heavy atom. The lowest BCUT2D eigenvalue weighted by Crippen LogP contribution is -2.06. The van der Waals surface area contributed by atoms with Gasteiger partial charge in [-0.2, -0.15) is 0 Å². The molecular formula is C16H22O. The van der Waals surface area contributed by atoms with E-state index in [0.29, 0.717) is 5.92 Å². The van der Waals surface area contributed by atoms with Crippen LogP contribution in [0.2, 0.25) is 0 Å². The van der Waals surface area contributed by atoms with Gasteiger partial charge in [-0.3, -0.25) is 0 Å². The van der Waals surface area contributed by atoms with Crippen molar-refractivity contribution in [2.75, 3.05) is 6.61 Å². The second-order valence-electron chi connectivity index (χ2n) is 4.32. The lowest BCUT2D eigenvalue weighted by atomic mass is 10.0. The minimum atomic E-state index is 0.653. The molecular weight excluding hydrogens is 208 g/mol. The average molecular weight is 230 g/mol. The van der Waals surface area contributed by atoms with Crippen molar-refractivity contribution in [1.82, 2.24) is 0 Å². The van der Waals surface area contributed by atoms with Crippen molar-refractivity contribution < 1.29 is 4.74 Å². The fraction of sp³-hybridized carbons (Fsp3) is 0.500. The fourth-order valence-electron chi connectivity index (χ4n) is 1.67. The molecule has 0 bridgehead atoms. The molecule has 0 amide bonds. The predicted octanol–water partition coefficient (Wildman–Crippen LogP) is 4.23. The molecule has 0 heterocycles. The highest BCUT2D eigenvalue weighted by atomic mass is 16.5. The highest BCUT2D eigenvalue weighted by Crippen LogP contribution is 2.12. The van der Waals surface area contributed by atoms with E-state index in [-0.39, 0.29) is 0 Å². The van der Waals surface area contributed by atoms with Crippen molar-refractivity contribution in [1.29, 1.82) is 0 Å². The molecule has 0 aromatic heterocycles. The smallest absolute Gasteiger partial charge is 0.115 e. The van der Waals surface area contributed by atoms with E-state index in [0.717, 1.165) is 12.2 Å². The van der Waals surface area contributed by atoms with Crippen molar-refractivity contribution >= 4 is 0 Å². The Balaban J connectivity index is 2.29. The molecule has 0 aliphatic heterocycles. The van der Waals surface area contributed by atoms with Crippen LogP contribution in [0.25, 0.3) is 0 Å². The van der Waals surface area contributed by atoms with Crippen molar-refractivity contribution in [3.05, 3.63) is 35.9 Å². The van der Waals surface area contributed by atoms with Crippen molar-refractivity contribution in [3.63, 3.8) is 0 Å². The third kappa shape index (κ3) is 6.02. The van der Waals surface area contributed by atoms with Gasteiger partial charge in [0.25, 0.3) is 0 Å². The number of ether oxygens (including phenoxy) is 1. The Bertz CT molecular complexity index is 345. The first kappa shape index (κ1) is 13.6. The zero-order chi connectivity index (χ0) is 12.3. The van der Waals surface area contributed by atoms with Crippen LogP contribution in [0.3, 0.4) is 0 Å². The third-order valence-corrected chi connectivity index (χ3v) is 2.90. The summed E-state index contributed by atoms with van der Waals surface area (Å²) in [6, 6.07) is 9.94. The normalized spacial score (nSPS) is 11.4. The maximum Gasteiger partial charge on any atom is 0.115 e. The van der Waals surface area contributed by atoms with Gasteiger partial charge in [0, 0.05) is 5.56 Å². The van der Waals surface area contributed by atoms with Gasteiger partial charge in [0.15, 0.2) is 0 Å². The average Bonchev–Trinajstić information content (AvgIpc) is 2.39. The van der Waals surface area contributed by atoms with E-state index in [1.54, 1.807) is 0 Å². The summed E-state index contributed by atoms with van der Waals surface area (Å²) < 4.78 is 5.43. The standard InChI is InChI=1S/C16H22O/c1-3-5-9-15(4-2)14-17-13-12-16-10-7-6-8-11-16/h6-8,10-11,15H,3-5,9,14H2,1-2H3. The van der Waals surface area contributed by atoms with E-state index in [1.807, 2.05) is 30.3 Å². The quantitative estimate of drug-likeness (QED) is 0.665. The van der Waals surface area contributed by atoms with Crippen LogP contribution in [0.1, 0.15) is 45.1 Å². The summed E-state index contributed by atoms with van der Waals surface area (Å²) in [5, 5.41) is 0. The Morgan fingerprint density at radius 3 is 2.59 bits per heavy atom. The van der Waals surface area contributed by atoms with E-state index in [9.17, 15) is 0 Å². The molecule has 0 radical (unpaired) electrons.